The van der Waals surface area contributed by atoms with Crippen LogP contribution in [0, 0.1) is 5.92 Å². The molecular formula is C21H30N4O2. The Bertz CT molecular complexity index is 682. The lowest BCUT2D eigenvalue weighted by molar-refractivity contribution is -0.130. The Morgan fingerprint density at radius 3 is 2.52 bits per heavy atom. The van der Waals surface area contributed by atoms with Gasteiger partial charge in [-0.15, -0.1) is 0 Å². The molecule has 0 bridgehead atoms. The molecule has 1 unspecified atom stereocenters. The number of hydrogen-bond acceptors (Lipinski definition) is 4. The molecule has 6 nitrogen and oxygen atoms in total. The van der Waals surface area contributed by atoms with E-state index in [1.165, 1.54) is 6.42 Å². The average molecular weight is 370 g/mol. The largest absolute Gasteiger partial charge is 0.356 e. The second kappa shape index (κ2) is 7.87. The highest BCUT2D eigenvalue weighted by Gasteiger charge is 2.31. The Balaban J connectivity index is 1.34. The van der Waals surface area contributed by atoms with Gasteiger partial charge < -0.3 is 14.7 Å². The molecular weight excluding hydrogens is 340 g/mol. The SMILES string of the molecule is CC1CCCN(C(=O)c2ccc(N3CCC(N4CCCC4=O)CC3)nc2)C1. The Labute approximate surface area is 161 Å². The summed E-state index contributed by atoms with van der Waals surface area (Å²) in [4.78, 5) is 35.5. The minimum atomic E-state index is 0.104. The van der Waals surface area contributed by atoms with Crippen LogP contribution >= 0.6 is 0 Å². The molecule has 1 aromatic heterocycles. The van der Waals surface area contributed by atoms with Crippen LogP contribution in [0.4, 0.5) is 5.82 Å². The van der Waals surface area contributed by atoms with Crippen molar-refractivity contribution in [1.82, 2.24) is 14.8 Å². The number of hydrogen-bond donors (Lipinski definition) is 0. The van der Waals surface area contributed by atoms with Gasteiger partial charge in [0.2, 0.25) is 5.91 Å². The van der Waals surface area contributed by atoms with Crippen molar-refractivity contribution in [2.24, 2.45) is 5.92 Å². The predicted octanol–water partition coefficient (Wildman–Crippen LogP) is 2.54. The highest BCUT2D eigenvalue weighted by atomic mass is 16.2. The molecule has 0 aliphatic carbocycles. The molecule has 3 saturated heterocycles. The van der Waals surface area contributed by atoms with Crippen molar-refractivity contribution in [1.29, 1.82) is 0 Å². The molecule has 4 heterocycles. The molecule has 2 amide bonds. The molecule has 0 spiro atoms. The van der Waals surface area contributed by atoms with Gasteiger partial charge in [-0.3, -0.25) is 9.59 Å². The average Bonchev–Trinajstić information content (AvgIpc) is 3.14. The van der Waals surface area contributed by atoms with E-state index in [9.17, 15) is 9.59 Å². The van der Waals surface area contributed by atoms with Crippen LogP contribution in [0.25, 0.3) is 0 Å². The van der Waals surface area contributed by atoms with Gasteiger partial charge in [0.05, 0.1) is 5.56 Å². The second-order valence-electron chi connectivity index (χ2n) is 8.31. The highest BCUT2D eigenvalue weighted by molar-refractivity contribution is 5.94. The fourth-order valence-corrected chi connectivity index (χ4v) is 4.72. The van der Waals surface area contributed by atoms with Crippen molar-refractivity contribution < 1.29 is 9.59 Å². The summed E-state index contributed by atoms with van der Waals surface area (Å²) in [6.45, 7) is 6.67. The van der Waals surface area contributed by atoms with Crippen LogP contribution in [0.5, 0.6) is 0 Å². The van der Waals surface area contributed by atoms with Crippen molar-refractivity contribution in [3.63, 3.8) is 0 Å². The molecule has 0 saturated carbocycles. The molecule has 6 heteroatoms. The Hall–Kier alpha value is -2.11. The number of amides is 2. The third-order valence-electron chi connectivity index (χ3n) is 6.28. The van der Waals surface area contributed by atoms with E-state index in [4.69, 9.17) is 0 Å². The topological polar surface area (TPSA) is 56.8 Å². The number of carbonyl (C=O) groups excluding carboxylic acids is 2. The van der Waals surface area contributed by atoms with Crippen LogP contribution in [0.15, 0.2) is 18.3 Å². The van der Waals surface area contributed by atoms with E-state index >= 15 is 0 Å². The van der Waals surface area contributed by atoms with Gasteiger partial charge in [-0.1, -0.05) is 6.92 Å². The zero-order chi connectivity index (χ0) is 18.8. The molecule has 146 valence electrons. The fraction of sp³-hybridized carbons (Fsp3) is 0.667. The molecule has 0 radical (unpaired) electrons. The normalized spacial score (nSPS) is 24.6. The first-order valence-electron chi connectivity index (χ1n) is 10.4. The summed E-state index contributed by atoms with van der Waals surface area (Å²) in [5.74, 6) is 1.94. The first-order chi connectivity index (χ1) is 13.1. The van der Waals surface area contributed by atoms with Crippen molar-refractivity contribution in [2.75, 3.05) is 37.6 Å². The summed E-state index contributed by atoms with van der Waals surface area (Å²) in [6.07, 6.45) is 7.75. The lowest BCUT2D eigenvalue weighted by Gasteiger charge is -2.37. The molecule has 0 N–H and O–H groups in total. The molecule has 27 heavy (non-hydrogen) atoms. The van der Waals surface area contributed by atoms with Gasteiger partial charge in [-0.2, -0.15) is 0 Å². The maximum absolute atomic E-state index is 12.7. The van der Waals surface area contributed by atoms with E-state index < -0.39 is 0 Å². The standard InChI is InChI=1S/C21H30N4O2/c1-16-4-2-10-24(15-16)21(27)17-6-7-19(22-14-17)23-12-8-18(9-13-23)25-11-3-5-20(25)26/h6-7,14,16,18H,2-5,8-13,15H2,1H3. The number of carbonyl (C=O) groups is 2. The molecule has 4 rings (SSSR count). The van der Waals surface area contributed by atoms with Crippen LogP contribution in [0.2, 0.25) is 0 Å². The third-order valence-corrected chi connectivity index (χ3v) is 6.28. The quantitative estimate of drug-likeness (QED) is 0.820. The number of piperidine rings is 2. The number of aromatic nitrogens is 1. The molecule has 3 fully saturated rings. The van der Waals surface area contributed by atoms with E-state index in [2.05, 4.69) is 21.7 Å². The monoisotopic (exact) mass is 370 g/mol. The molecule has 1 aromatic rings. The number of pyridine rings is 1. The molecule has 3 aliphatic heterocycles. The molecule has 3 aliphatic rings. The van der Waals surface area contributed by atoms with Crippen LogP contribution in [-0.4, -0.2) is 65.4 Å². The van der Waals surface area contributed by atoms with Gasteiger partial charge in [-0.05, 0) is 50.2 Å². The first-order valence-corrected chi connectivity index (χ1v) is 10.4. The first kappa shape index (κ1) is 18.3. The summed E-state index contributed by atoms with van der Waals surface area (Å²) in [7, 11) is 0. The molecule has 1 atom stereocenters. The predicted molar refractivity (Wildman–Crippen MR) is 105 cm³/mol. The maximum Gasteiger partial charge on any atom is 0.255 e. The fourth-order valence-electron chi connectivity index (χ4n) is 4.72. The number of anilines is 1. The Morgan fingerprint density at radius 2 is 1.89 bits per heavy atom. The summed E-state index contributed by atoms with van der Waals surface area (Å²) in [6, 6.07) is 4.28. The van der Waals surface area contributed by atoms with E-state index in [-0.39, 0.29) is 5.91 Å². The van der Waals surface area contributed by atoms with Gasteiger partial charge in [0.15, 0.2) is 0 Å². The minimum absolute atomic E-state index is 0.104. The maximum atomic E-state index is 12.7. The van der Waals surface area contributed by atoms with Crippen LogP contribution in [-0.2, 0) is 4.79 Å². The van der Waals surface area contributed by atoms with Crippen molar-refractivity contribution in [3.8, 4) is 0 Å². The van der Waals surface area contributed by atoms with Crippen molar-refractivity contribution in [3.05, 3.63) is 23.9 Å². The highest BCUT2D eigenvalue weighted by Crippen LogP contribution is 2.25. The number of likely N-dealkylation sites (tertiary alicyclic amines) is 2. The van der Waals surface area contributed by atoms with Gasteiger partial charge in [-0.25, -0.2) is 4.98 Å². The summed E-state index contributed by atoms with van der Waals surface area (Å²) < 4.78 is 0. The van der Waals surface area contributed by atoms with Crippen LogP contribution in [0.3, 0.4) is 0 Å². The Morgan fingerprint density at radius 1 is 1.07 bits per heavy atom. The third kappa shape index (κ3) is 3.94. The van der Waals surface area contributed by atoms with Crippen molar-refractivity contribution >= 4 is 17.6 Å². The number of nitrogens with zero attached hydrogens (tertiary/aromatic N) is 4. The van der Waals surface area contributed by atoms with Gasteiger partial charge in [0.25, 0.3) is 5.91 Å². The summed E-state index contributed by atoms with van der Waals surface area (Å²) in [5, 5.41) is 0. The van der Waals surface area contributed by atoms with Gasteiger partial charge >= 0.3 is 0 Å². The van der Waals surface area contributed by atoms with E-state index in [0.29, 0.717) is 29.9 Å². The summed E-state index contributed by atoms with van der Waals surface area (Å²) in [5.41, 5.74) is 0.686. The molecule has 0 aromatic carbocycles. The van der Waals surface area contributed by atoms with Crippen LogP contribution in [0.1, 0.15) is 55.8 Å². The van der Waals surface area contributed by atoms with E-state index in [0.717, 1.165) is 64.2 Å². The van der Waals surface area contributed by atoms with E-state index in [1.807, 2.05) is 17.0 Å². The summed E-state index contributed by atoms with van der Waals surface area (Å²) >= 11 is 0. The lowest BCUT2D eigenvalue weighted by atomic mass is 10.00. The Kier molecular flexibility index (Phi) is 5.32. The number of rotatable bonds is 3. The minimum Gasteiger partial charge on any atom is -0.356 e. The van der Waals surface area contributed by atoms with E-state index in [1.54, 1.807) is 6.20 Å². The van der Waals surface area contributed by atoms with Crippen molar-refractivity contribution in [2.45, 2.75) is 51.5 Å². The smallest absolute Gasteiger partial charge is 0.255 e. The van der Waals surface area contributed by atoms with Gasteiger partial charge in [0.1, 0.15) is 5.82 Å². The van der Waals surface area contributed by atoms with Crippen LogP contribution < -0.4 is 4.90 Å². The zero-order valence-electron chi connectivity index (χ0n) is 16.3. The second-order valence-corrected chi connectivity index (χ2v) is 8.31. The zero-order valence-corrected chi connectivity index (χ0v) is 16.3. The van der Waals surface area contributed by atoms with Gasteiger partial charge in [0, 0.05) is 51.4 Å². The lowest BCUT2D eigenvalue weighted by Crippen LogP contribution is -2.45.